The molecule has 2 heterocycles. The van der Waals surface area contributed by atoms with Gasteiger partial charge in [0.25, 0.3) is 5.91 Å². The number of imide groups is 1. The molecule has 39 heavy (non-hydrogen) atoms. The third-order valence-corrected chi connectivity index (χ3v) is 8.78. The van der Waals surface area contributed by atoms with Crippen molar-refractivity contribution in [2.24, 2.45) is 16.9 Å². The van der Waals surface area contributed by atoms with Crippen molar-refractivity contribution < 1.29 is 23.9 Å². The normalized spacial score (nSPS) is 27.9. The molecule has 1 N–H and O–H groups in total. The quantitative estimate of drug-likeness (QED) is 0.308. The number of ether oxygens (including phenoxy) is 2. The minimum Gasteiger partial charge on any atom is -0.340 e. The first kappa shape index (κ1) is 24.2. The van der Waals surface area contributed by atoms with E-state index < -0.39 is 28.9 Å². The Morgan fingerprint density at radius 3 is 2.18 bits per heavy atom. The summed E-state index contributed by atoms with van der Waals surface area (Å²) in [6.07, 6.45) is 1.61. The summed E-state index contributed by atoms with van der Waals surface area (Å²) in [7, 11) is 0. The number of anilines is 1. The van der Waals surface area contributed by atoms with E-state index in [-0.39, 0.29) is 17.7 Å². The Morgan fingerprint density at radius 1 is 0.949 bits per heavy atom. The number of hydrazone groups is 1. The van der Waals surface area contributed by atoms with E-state index in [1.807, 2.05) is 48.5 Å². The molecular weight excluding hydrogens is 518 g/mol. The summed E-state index contributed by atoms with van der Waals surface area (Å²) in [5.41, 5.74) is 5.51. The molecule has 3 amide bonds. The van der Waals surface area contributed by atoms with Crippen LogP contribution in [0.5, 0.6) is 0 Å². The van der Waals surface area contributed by atoms with E-state index >= 15 is 0 Å². The number of nitrogens with one attached hydrogen (secondary N) is 1. The Morgan fingerprint density at radius 2 is 1.54 bits per heavy atom. The third kappa shape index (κ3) is 3.19. The van der Waals surface area contributed by atoms with Crippen LogP contribution in [0, 0.1) is 11.8 Å². The van der Waals surface area contributed by atoms with Crippen LogP contribution in [-0.4, -0.2) is 42.9 Å². The molecule has 3 aliphatic carbocycles. The Labute approximate surface area is 229 Å². The molecule has 2 fully saturated rings. The van der Waals surface area contributed by atoms with Crippen molar-refractivity contribution in [3.8, 4) is 0 Å². The van der Waals surface area contributed by atoms with Crippen molar-refractivity contribution in [2.75, 3.05) is 18.1 Å². The summed E-state index contributed by atoms with van der Waals surface area (Å²) in [4.78, 5) is 42.6. The largest absolute Gasteiger partial charge is 0.340 e. The van der Waals surface area contributed by atoms with Gasteiger partial charge < -0.3 is 9.47 Å². The second-order valence-corrected chi connectivity index (χ2v) is 10.7. The van der Waals surface area contributed by atoms with Crippen LogP contribution in [-0.2, 0) is 29.3 Å². The van der Waals surface area contributed by atoms with Gasteiger partial charge in [-0.1, -0.05) is 72.3 Å². The molecule has 8 rings (SSSR count). The van der Waals surface area contributed by atoms with Crippen LogP contribution in [0.2, 0.25) is 5.02 Å². The number of hydrogen-bond acceptors (Lipinski definition) is 6. The van der Waals surface area contributed by atoms with Gasteiger partial charge in [-0.05, 0) is 41.3 Å². The number of halogens is 1. The van der Waals surface area contributed by atoms with Crippen LogP contribution in [0.4, 0.5) is 5.69 Å². The second kappa shape index (κ2) is 8.58. The summed E-state index contributed by atoms with van der Waals surface area (Å²) < 4.78 is 10.9. The van der Waals surface area contributed by atoms with E-state index in [1.54, 1.807) is 30.5 Å². The molecule has 9 heteroatoms. The minimum absolute atomic E-state index is 0.297. The lowest BCUT2D eigenvalue weighted by Gasteiger charge is -2.52. The van der Waals surface area contributed by atoms with Gasteiger partial charge in [-0.2, -0.15) is 5.10 Å². The zero-order chi connectivity index (χ0) is 26.9. The molecule has 8 nitrogen and oxygen atoms in total. The Bertz CT molecular complexity index is 1530. The number of carbonyl (C=O) groups excluding carboxylic acids is 3. The van der Waals surface area contributed by atoms with Gasteiger partial charge in [-0.3, -0.25) is 14.4 Å². The van der Waals surface area contributed by atoms with E-state index in [4.69, 9.17) is 21.1 Å². The fraction of sp³-hybridized carbons (Fsp3) is 0.267. The predicted molar refractivity (Wildman–Crippen MR) is 143 cm³/mol. The predicted octanol–water partition coefficient (Wildman–Crippen LogP) is 3.76. The van der Waals surface area contributed by atoms with Crippen LogP contribution >= 0.6 is 11.6 Å². The van der Waals surface area contributed by atoms with Crippen molar-refractivity contribution in [1.29, 1.82) is 0 Å². The van der Waals surface area contributed by atoms with Crippen molar-refractivity contribution in [2.45, 2.75) is 24.0 Å². The summed E-state index contributed by atoms with van der Waals surface area (Å²) in [6, 6.07) is 22.5. The summed E-state index contributed by atoms with van der Waals surface area (Å²) in [6.45, 7) is 2.14. The van der Waals surface area contributed by atoms with Crippen LogP contribution in [0.1, 0.15) is 35.1 Å². The molecule has 5 aliphatic rings. The van der Waals surface area contributed by atoms with Gasteiger partial charge >= 0.3 is 0 Å². The van der Waals surface area contributed by atoms with Gasteiger partial charge in [0.2, 0.25) is 17.6 Å². The van der Waals surface area contributed by atoms with Crippen molar-refractivity contribution >= 4 is 41.2 Å². The van der Waals surface area contributed by atoms with Gasteiger partial charge in [0, 0.05) is 12.1 Å². The molecule has 0 saturated carbocycles. The Hall–Kier alpha value is -3.85. The fourth-order valence-electron chi connectivity index (χ4n) is 6.86. The van der Waals surface area contributed by atoms with Gasteiger partial charge in [0.05, 0.1) is 41.2 Å². The molecule has 2 aliphatic heterocycles. The average Bonchev–Trinajstić information content (AvgIpc) is 3.51. The van der Waals surface area contributed by atoms with Crippen LogP contribution < -0.4 is 10.3 Å². The highest BCUT2D eigenvalue weighted by molar-refractivity contribution is 6.36. The fourth-order valence-corrected chi connectivity index (χ4v) is 7.08. The molecule has 2 bridgehead atoms. The number of carbonyl (C=O) groups is 3. The lowest BCUT2D eigenvalue weighted by atomic mass is 9.47. The highest BCUT2D eigenvalue weighted by atomic mass is 35.5. The van der Waals surface area contributed by atoms with Crippen LogP contribution in [0.3, 0.4) is 0 Å². The van der Waals surface area contributed by atoms with Crippen LogP contribution in [0.25, 0.3) is 0 Å². The highest BCUT2D eigenvalue weighted by Crippen LogP contribution is 2.63. The third-order valence-electron chi connectivity index (χ3n) is 8.46. The van der Waals surface area contributed by atoms with Gasteiger partial charge in [-0.25, -0.2) is 10.3 Å². The summed E-state index contributed by atoms with van der Waals surface area (Å²) >= 11 is 6.48. The first-order chi connectivity index (χ1) is 18.9. The molecule has 196 valence electrons. The summed E-state index contributed by atoms with van der Waals surface area (Å²) in [5, 5.41) is 4.71. The van der Waals surface area contributed by atoms with Gasteiger partial charge in [-0.15, -0.1) is 0 Å². The number of benzene rings is 3. The van der Waals surface area contributed by atoms with Crippen molar-refractivity contribution in [3.63, 3.8) is 0 Å². The standard InChI is InChI=1S/C30H24ClN3O5/c1-29(38-14-15-39-29)28(37)33-32-16-30-19-10-4-2-8-17(19)23(18-9-3-5-11-20(18)30)24-25(30)27(36)34(26(24)35)22-13-7-6-12-21(22)31/h2-13,16,23-25H,14-15H2,1H3,(H,33,37)/b32-16-/t23?,24-,25-,30?/m1/s1. The van der Waals surface area contributed by atoms with Gasteiger partial charge in [0.1, 0.15) is 0 Å². The molecule has 0 radical (unpaired) electrons. The lowest BCUT2D eigenvalue weighted by molar-refractivity contribution is -0.176. The first-order valence-corrected chi connectivity index (χ1v) is 13.2. The molecule has 2 saturated heterocycles. The maximum Gasteiger partial charge on any atom is 0.300 e. The molecule has 0 unspecified atom stereocenters. The molecule has 0 aromatic heterocycles. The number of hydrogen-bond donors (Lipinski definition) is 1. The lowest BCUT2D eigenvalue weighted by Crippen LogP contribution is -2.55. The summed E-state index contributed by atoms with van der Waals surface area (Å²) in [5.74, 6) is -4.41. The molecule has 3 aromatic rings. The number of amides is 3. The highest BCUT2D eigenvalue weighted by Gasteiger charge is 2.68. The molecule has 0 spiro atoms. The molecular formula is C30H24ClN3O5. The number of nitrogens with zero attached hydrogens (tertiary/aromatic N) is 2. The molecule has 2 atom stereocenters. The maximum atomic E-state index is 14.3. The van der Waals surface area contributed by atoms with Crippen LogP contribution in [0.15, 0.2) is 77.9 Å². The Kier molecular flexibility index (Phi) is 5.32. The van der Waals surface area contributed by atoms with E-state index in [0.717, 1.165) is 22.3 Å². The topological polar surface area (TPSA) is 97.3 Å². The SMILES string of the molecule is CC1(C(=O)N/N=C\C23c4ccccc4C(c4ccccc42)[C@H]2C(=O)N(c4ccccc4Cl)C(=O)[C@@H]23)OCCO1. The number of para-hydroxylation sites is 1. The molecule has 3 aromatic carbocycles. The smallest absolute Gasteiger partial charge is 0.300 e. The monoisotopic (exact) mass is 541 g/mol. The Balaban J connectivity index is 1.42. The minimum atomic E-state index is -1.45. The maximum absolute atomic E-state index is 14.3. The van der Waals surface area contributed by atoms with Crippen molar-refractivity contribution in [1.82, 2.24) is 5.43 Å². The number of rotatable bonds is 4. The second-order valence-electron chi connectivity index (χ2n) is 10.3. The van der Waals surface area contributed by atoms with Gasteiger partial charge in [0.15, 0.2) is 0 Å². The first-order valence-electron chi connectivity index (χ1n) is 12.8. The zero-order valence-corrected chi connectivity index (χ0v) is 21.7. The van der Waals surface area contributed by atoms with Crippen molar-refractivity contribution in [3.05, 3.63) is 100 Å². The average molecular weight is 542 g/mol. The van der Waals surface area contributed by atoms with E-state index in [0.29, 0.717) is 23.9 Å². The van der Waals surface area contributed by atoms with E-state index in [1.165, 1.54) is 11.8 Å². The van der Waals surface area contributed by atoms with E-state index in [9.17, 15) is 14.4 Å². The van der Waals surface area contributed by atoms with E-state index in [2.05, 4.69) is 10.5 Å². The zero-order valence-electron chi connectivity index (χ0n) is 21.0.